The van der Waals surface area contributed by atoms with Crippen molar-refractivity contribution in [3.63, 3.8) is 0 Å². The highest BCUT2D eigenvalue weighted by Gasteiger charge is 2.21. The number of rotatable bonds is 6. The molecular formula is C14H20BrNO2. The fraction of sp³-hybridized carbons (Fsp3) is 0.571. The Kier molecular flexibility index (Phi) is 5.03. The quantitative estimate of drug-likeness (QED) is 0.874. The molecule has 0 aliphatic carbocycles. The lowest BCUT2D eigenvalue weighted by atomic mass is 10.1. The van der Waals surface area contributed by atoms with Crippen LogP contribution in [0.2, 0.25) is 0 Å². The van der Waals surface area contributed by atoms with Crippen LogP contribution in [0.4, 0.5) is 0 Å². The molecule has 2 rings (SSSR count). The summed E-state index contributed by atoms with van der Waals surface area (Å²) >= 11 is 3.57. The van der Waals surface area contributed by atoms with Gasteiger partial charge in [-0.2, -0.15) is 0 Å². The van der Waals surface area contributed by atoms with Gasteiger partial charge in [-0.05, 0) is 53.5 Å². The van der Waals surface area contributed by atoms with Crippen molar-refractivity contribution in [1.29, 1.82) is 0 Å². The fourth-order valence-corrected chi connectivity index (χ4v) is 2.31. The standard InChI is InChI=1S/C14H20BrNO2/c1-3-6-16-10(2)11-4-5-14(13(15)7-11)18-12-8-17-9-12/h4-5,7,10,12,16H,3,6,8-9H2,1-2H3. The zero-order chi connectivity index (χ0) is 13.0. The van der Waals surface area contributed by atoms with Gasteiger partial charge in [0.05, 0.1) is 17.7 Å². The molecule has 1 N–H and O–H groups in total. The minimum atomic E-state index is 0.211. The second-order valence-corrected chi connectivity index (χ2v) is 5.50. The first-order chi connectivity index (χ1) is 8.70. The van der Waals surface area contributed by atoms with Gasteiger partial charge < -0.3 is 14.8 Å². The molecule has 0 amide bonds. The van der Waals surface area contributed by atoms with Crippen molar-refractivity contribution in [1.82, 2.24) is 5.32 Å². The van der Waals surface area contributed by atoms with E-state index in [9.17, 15) is 0 Å². The van der Waals surface area contributed by atoms with Gasteiger partial charge in [0.2, 0.25) is 0 Å². The summed E-state index contributed by atoms with van der Waals surface area (Å²) in [6.07, 6.45) is 1.36. The van der Waals surface area contributed by atoms with Crippen molar-refractivity contribution in [2.75, 3.05) is 19.8 Å². The predicted molar refractivity (Wildman–Crippen MR) is 76.1 cm³/mol. The zero-order valence-electron chi connectivity index (χ0n) is 10.9. The molecule has 1 aliphatic heterocycles. The van der Waals surface area contributed by atoms with Gasteiger partial charge in [-0.25, -0.2) is 0 Å². The van der Waals surface area contributed by atoms with E-state index >= 15 is 0 Å². The average molecular weight is 314 g/mol. The van der Waals surface area contributed by atoms with E-state index in [1.54, 1.807) is 0 Å². The van der Waals surface area contributed by atoms with E-state index < -0.39 is 0 Å². The van der Waals surface area contributed by atoms with Gasteiger partial charge in [0.25, 0.3) is 0 Å². The largest absolute Gasteiger partial charge is 0.484 e. The van der Waals surface area contributed by atoms with Gasteiger partial charge >= 0.3 is 0 Å². The average Bonchev–Trinajstić information content (AvgIpc) is 2.32. The topological polar surface area (TPSA) is 30.5 Å². The van der Waals surface area contributed by atoms with Crippen molar-refractivity contribution in [2.45, 2.75) is 32.4 Å². The van der Waals surface area contributed by atoms with Crippen LogP contribution in [0.25, 0.3) is 0 Å². The molecule has 4 heteroatoms. The van der Waals surface area contributed by atoms with E-state index in [2.05, 4.69) is 47.2 Å². The van der Waals surface area contributed by atoms with Crippen LogP contribution in [0.5, 0.6) is 5.75 Å². The monoisotopic (exact) mass is 313 g/mol. The molecule has 1 atom stereocenters. The summed E-state index contributed by atoms with van der Waals surface area (Å²) in [7, 11) is 0. The van der Waals surface area contributed by atoms with Crippen LogP contribution in [0.1, 0.15) is 31.9 Å². The maximum absolute atomic E-state index is 5.80. The Bertz CT molecular complexity index is 393. The second-order valence-electron chi connectivity index (χ2n) is 4.64. The first kappa shape index (κ1) is 13.8. The van der Waals surface area contributed by atoms with E-state index in [1.807, 2.05) is 6.07 Å². The Labute approximate surface area is 117 Å². The highest BCUT2D eigenvalue weighted by atomic mass is 79.9. The Balaban J connectivity index is 1.99. The van der Waals surface area contributed by atoms with Crippen LogP contribution in [0, 0.1) is 0 Å². The van der Waals surface area contributed by atoms with Gasteiger partial charge in [-0.1, -0.05) is 13.0 Å². The van der Waals surface area contributed by atoms with Crippen LogP contribution in [0.15, 0.2) is 22.7 Å². The molecule has 1 aromatic carbocycles. The molecule has 3 nitrogen and oxygen atoms in total. The minimum Gasteiger partial charge on any atom is -0.484 e. The van der Waals surface area contributed by atoms with E-state index in [-0.39, 0.29) is 6.10 Å². The fourth-order valence-electron chi connectivity index (χ4n) is 1.82. The number of ether oxygens (including phenoxy) is 2. The van der Waals surface area contributed by atoms with Crippen LogP contribution in [-0.2, 0) is 4.74 Å². The maximum Gasteiger partial charge on any atom is 0.145 e. The molecule has 0 saturated carbocycles. The highest BCUT2D eigenvalue weighted by Crippen LogP contribution is 2.30. The summed E-state index contributed by atoms with van der Waals surface area (Å²) in [5.41, 5.74) is 1.27. The number of halogens is 1. The Morgan fingerprint density at radius 2 is 2.28 bits per heavy atom. The third-order valence-corrected chi connectivity index (χ3v) is 3.68. The molecule has 1 saturated heterocycles. The van der Waals surface area contributed by atoms with E-state index in [4.69, 9.17) is 9.47 Å². The summed E-state index contributed by atoms with van der Waals surface area (Å²) in [6.45, 7) is 6.78. The Morgan fingerprint density at radius 3 is 2.83 bits per heavy atom. The van der Waals surface area contributed by atoms with Crippen LogP contribution >= 0.6 is 15.9 Å². The van der Waals surface area contributed by atoms with Crippen molar-refractivity contribution in [3.8, 4) is 5.75 Å². The summed E-state index contributed by atoms with van der Waals surface area (Å²) < 4.78 is 11.9. The number of hydrogen-bond donors (Lipinski definition) is 1. The van der Waals surface area contributed by atoms with Gasteiger partial charge in [-0.15, -0.1) is 0 Å². The smallest absolute Gasteiger partial charge is 0.145 e. The summed E-state index contributed by atoms with van der Waals surface area (Å²) in [4.78, 5) is 0. The van der Waals surface area contributed by atoms with Crippen molar-refractivity contribution in [3.05, 3.63) is 28.2 Å². The second kappa shape index (κ2) is 6.55. The Hall–Kier alpha value is -0.580. The number of hydrogen-bond acceptors (Lipinski definition) is 3. The van der Waals surface area contributed by atoms with Crippen molar-refractivity contribution in [2.24, 2.45) is 0 Å². The summed E-state index contributed by atoms with van der Waals surface area (Å²) in [5.74, 6) is 0.898. The third-order valence-electron chi connectivity index (χ3n) is 3.06. The molecule has 1 unspecified atom stereocenters. The molecule has 0 bridgehead atoms. The number of benzene rings is 1. The van der Waals surface area contributed by atoms with Gasteiger partial charge in [0.1, 0.15) is 11.9 Å². The lowest BCUT2D eigenvalue weighted by molar-refractivity contribution is -0.0799. The molecule has 100 valence electrons. The van der Waals surface area contributed by atoms with Gasteiger partial charge in [0, 0.05) is 6.04 Å². The first-order valence-electron chi connectivity index (χ1n) is 6.48. The molecular weight excluding hydrogens is 294 g/mol. The zero-order valence-corrected chi connectivity index (χ0v) is 12.5. The maximum atomic E-state index is 5.80. The third kappa shape index (κ3) is 3.46. The van der Waals surface area contributed by atoms with Crippen molar-refractivity contribution >= 4 is 15.9 Å². The normalized spacial score (nSPS) is 17.3. The molecule has 0 aromatic heterocycles. The molecule has 1 fully saturated rings. The lowest BCUT2D eigenvalue weighted by Gasteiger charge is -2.27. The van der Waals surface area contributed by atoms with Gasteiger partial charge in [-0.3, -0.25) is 0 Å². The van der Waals surface area contributed by atoms with Crippen LogP contribution < -0.4 is 10.1 Å². The van der Waals surface area contributed by atoms with Crippen molar-refractivity contribution < 1.29 is 9.47 Å². The predicted octanol–water partition coefficient (Wildman–Crippen LogP) is 3.29. The van der Waals surface area contributed by atoms with Gasteiger partial charge in [0.15, 0.2) is 0 Å². The SMILES string of the molecule is CCCNC(C)c1ccc(OC2COC2)c(Br)c1. The van der Waals surface area contributed by atoms with E-state index in [0.717, 1.165) is 23.2 Å². The summed E-state index contributed by atoms with van der Waals surface area (Å²) in [5, 5.41) is 3.48. The minimum absolute atomic E-state index is 0.211. The molecule has 1 aromatic rings. The molecule has 0 radical (unpaired) electrons. The highest BCUT2D eigenvalue weighted by molar-refractivity contribution is 9.10. The summed E-state index contributed by atoms with van der Waals surface area (Å²) in [6, 6.07) is 6.64. The molecule has 18 heavy (non-hydrogen) atoms. The lowest BCUT2D eigenvalue weighted by Crippen LogP contribution is -2.38. The van der Waals surface area contributed by atoms with Crippen LogP contribution in [0.3, 0.4) is 0 Å². The van der Waals surface area contributed by atoms with E-state index in [0.29, 0.717) is 19.3 Å². The van der Waals surface area contributed by atoms with Crippen LogP contribution in [-0.4, -0.2) is 25.9 Å². The molecule has 1 heterocycles. The Morgan fingerprint density at radius 1 is 1.50 bits per heavy atom. The molecule has 1 aliphatic rings. The van der Waals surface area contributed by atoms with E-state index in [1.165, 1.54) is 5.56 Å². The number of nitrogens with one attached hydrogen (secondary N) is 1. The molecule has 0 spiro atoms. The first-order valence-corrected chi connectivity index (χ1v) is 7.27.